The maximum absolute atomic E-state index is 12.9. The Morgan fingerprint density at radius 3 is 2.52 bits per heavy atom. The van der Waals surface area contributed by atoms with Crippen molar-refractivity contribution in [2.45, 2.75) is 6.61 Å². The van der Waals surface area contributed by atoms with Gasteiger partial charge in [-0.25, -0.2) is 0 Å². The quantitative estimate of drug-likeness (QED) is 0.218. The van der Waals surface area contributed by atoms with Crippen LogP contribution in [-0.4, -0.2) is 25.0 Å². The molecule has 0 aliphatic rings. The van der Waals surface area contributed by atoms with Gasteiger partial charge in [-0.15, -0.1) is 11.3 Å². The molecule has 4 aromatic rings. The molecule has 0 aliphatic heterocycles. The molecule has 0 fully saturated rings. The van der Waals surface area contributed by atoms with Gasteiger partial charge in [0.15, 0.2) is 17.3 Å². The summed E-state index contributed by atoms with van der Waals surface area (Å²) in [4.78, 5) is 18.3. The average Bonchev–Trinajstić information content (AvgIpc) is 3.41. The molecule has 0 bridgehead atoms. The fraction of sp³-hybridized carbons (Fsp3) is 0.111. The van der Waals surface area contributed by atoms with E-state index < -0.39 is 0 Å². The van der Waals surface area contributed by atoms with Gasteiger partial charge >= 0.3 is 0 Å². The maximum atomic E-state index is 12.9. The van der Waals surface area contributed by atoms with Crippen molar-refractivity contribution in [1.82, 2.24) is 4.98 Å². The van der Waals surface area contributed by atoms with Crippen LogP contribution in [0.2, 0.25) is 0 Å². The topological polar surface area (TPSA) is 57.7 Å². The highest BCUT2D eigenvalue weighted by Crippen LogP contribution is 2.31. The van der Waals surface area contributed by atoms with Crippen molar-refractivity contribution in [2.75, 3.05) is 14.2 Å². The molecule has 33 heavy (non-hydrogen) atoms. The van der Waals surface area contributed by atoms with Gasteiger partial charge in [0.2, 0.25) is 0 Å². The van der Waals surface area contributed by atoms with Gasteiger partial charge in [-0.05, 0) is 77.7 Å². The van der Waals surface area contributed by atoms with E-state index in [0.29, 0.717) is 29.4 Å². The van der Waals surface area contributed by atoms with Gasteiger partial charge in [-0.3, -0.25) is 9.78 Å². The standard InChI is InChI=1S/C27H23NO4S/c1-30-24-12-10-21(27-7-5-15-33-27)16-20(24)8-11-23(29)19-9-13-25(26(17-19)31-2)32-18-22-6-3-4-14-28-22/h3-17H,18H2,1-2H3/b11-8+. The van der Waals surface area contributed by atoms with Crippen LogP contribution >= 0.6 is 11.3 Å². The molecule has 166 valence electrons. The van der Waals surface area contributed by atoms with Gasteiger partial charge in [0.1, 0.15) is 12.4 Å². The Morgan fingerprint density at radius 1 is 0.939 bits per heavy atom. The van der Waals surface area contributed by atoms with Crippen LogP contribution in [0.4, 0.5) is 0 Å². The van der Waals surface area contributed by atoms with Crippen LogP contribution in [0.3, 0.4) is 0 Å². The van der Waals surface area contributed by atoms with Crippen molar-refractivity contribution >= 4 is 23.2 Å². The molecule has 0 atom stereocenters. The molecular weight excluding hydrogens is 434 g/mol. The van der Waals surface area contributed by atoms with Crippen LogP contribution in [0.1, 0.15) is 21.6 Å². The van der Waals surface area contributed by atoms with Crippen molar-refractivity contribution in [3.05, 3.63) is 101 Å². The largest absolute Gasteiger partial charge is 0.496 e. The molecular formula is C27H23NO4S. The number of ketones is 1. The molecule has 5 nitrogen and oxygen atoms in total. The smallest absolute Gasteiger partial charge is 0.185 e. The zero-order valence-electron chi connectivity index (χ0n) is 18.4. The van der Waals surface area contributed by atoms with E-state index in [1.54, 1.807) is 62.1 Å². The monoisotopic (exact) mass is 457 g/mol. The lowest BCUT2D eigenvalue weighted by Gasteiger charge is -2.11. The molecule has 0 N–H and O–H groups in total. The predicted molar refractivity (Wildman–Crippen MR) is 131 cm³/mol. The number of hydrogen-bond acceptors (Lipinski definition) is 6. The molecule has 2 heterocycles. The zero-order valence-corrected chi connectivity index (χ0v) is 19.2. The Hall–Kier alpha value is -3.90. The summed E-state index contributed by atoms with van der Waals surface area (Å²) in [6.07, 6.45) is 5.03. The zero-order chi connectivity index (χ0) is 23.0. The van der Waals surface area contributed by atoms with Gasteiger partial charge < -0.3 is 14.2 Å². The van der Waals surface area contributed by atoms with E-state index in [9.17, 15) is 4.79 Å². The fourth-order valence-electron chi connectivity index (χ4n) is 3.30. The lowest BCUT2D eigenvalue weighted by Crippen LogP contribution is -2.01. The number of benzene rings is 2. The van der Waals surface area contributed by atoms with Crippen molar-refractivity contribution in [3.8, 4) is 27.7 Å². The number of carbonyl (C=O) groups is 1. The molecule has 0 saturated heterocycles. The summed E-state index contributed by atoms with van der Waals surface area (Å²) in [5.41, 5.74) is 3.22. The average molecular weight is 458 g/mol. The second kappa shape index (κ2) is 10.6. The first-order valence-electron chi connectivity index (χ1n) is 10.3. The fourth-order valence-corrected chi connectivity index (χ4v) is 4.02. The number of nitrogens with zero attached hydrogens (tertiary/aromatic N) is 1. The summed E-state index contributed by atoms with van der Waals surface area (Å²) in [7, 11) is 3.17. The van der Waals surface area contributed by atoms with Crippen LogP contribution in [-0.2, 0) is 6.61 Å². The molecule has 0 radical (unpaired) electrons. The number of thiophene rings is 1. The minimum absolute atomic E-state index is 0.145. The maximum Gasteiger partial charge on any atom is 0.185 e. The van der Waals surface area contributed by atoms with E-state index in [1.165, 1.54) is 0 Å². The van der Waals surface area contributed by atoms with Crippen molar-refractivity contribution in [1.29, 1.82) is 0 Å². The highest BCUT2D eigenvalue weighted by atomic mass is 32.1. The lowest BCUT2D eigenvalue weighted by atomic mass is 10.1. The van der Waals surface area contributed by atoms with E-state index >= 15 is 0 Å². The van der Waals surface area contributed by atoms with Crippen LogP contribution in [0.5, 0.6) is 17.2 Å². The Labute approximate surface area is 196 Å². The van der Waals surface area contributed by atoms with Crippen LogP contribution in [0, 0.1) is 0 Å². The third-order valence-electron chi connectivity index (χ3n) is 5.00. The van der Waals surface area contributed by atoms with Gasteiger partial charge in [-0.1, -0.05) is 12.1 Å². The van der Waals surface area contributed by atoms with Crippen molar-refractivity contribution < 1.29 is 19.0 Å². The lowest BCUT2D eigenvalue weighted by molar-refractivity contribution is 0.104. The minimum atomic E-state index is -0.145. The van der Waals surface area contributed by atoms with Gasteiger partial charge in [-0.2, -0.15) is 0 Å². The number of hydrogen-bond donors (Lipinski definition) is 0. The molecule has 6 heteroatoms. The van der Waals surface area contributed by atoms with E-state index in [-0.39, 0.29) is 5.78 Å². The Kier molecular flexibility index (Phi) is 7.17. The molecule has 0 saturated carbocycles. The summed E-state index contributed by atoms with van der Waals surface area (Å²) >= 11 is 1.67. The number of allylic oxidation sites excluding steroid dienone is 1. The first kappa shape index (κ1) is 22.3. The van der Waals surface area contributed by atoms with E-state index in [4.69, 9.17) is 14.2 Å². The van der Waals surface area contributed by atoms with Crippen molar-refractivity contribution in [2.24, 2.45) is 0 Å². The van der Waals surface area contributed by atoms with Gasteiger partial charge in [0.25, 0.3) is 0 Å². The van der Waals surface area contributed by atoms with E-state index in [1.807, 2.05) is 47.8 Å². The number of methoxy groups -OCH3 is 2. The summed E-state index contributed by atoms with van der Waals surface area (Å²) in [6, 6.07) is 20.8. The van der Waals surface area contributed by atoms with Crippen molar-refractivity contribution in [3.63, 3.8) is 0 Å². The highest BCUT2D eigenvalue weighted by molar-refractivity contribution is 7.13. The number of ether oxygens (including phenoxy) is 3. The number of aromatic nitrogens is 1. The van der Waals surface area contributed by atoms with E-state index in [2.05, 4.69) is 11.1 Å². The normalized spacial score (nSPS) is 10.8. The van der Waals surface area contributed by atoms with Gasteiger partial charge in [0, 0.05) is 22.2 Å². The van der Waals surface area contributed by atoms with Crippen LogP contribution in [0.25, 0.3) is 16.5 Å². The number of rotatable bonds is 9. The Balaban J connectivity index is 1.51. The third kappa shape index (κ3) is 5.48. The van der Waals surface area contributed by atoms with Crippen LogP contribution in [0.15, 0.2) is 84.4 Å². The highest BCUT2D eigenvalue weighted by Gasteiger charge is 2.11. The van der Waals surface area contributed by atoms with Crippen LogP contribution < -0.4 is 14.2 Å². The second-order valence-electron chi connectivity index (χ2n) is 7.11. The van der Waals surface area contributed by atoms with Gasteiger partial charge in [0.05, 0.1) is 19.9 Å². The molecule has 4 rings (SSSR count). The molecule has 2 aromatic heterocycles. The Bertz CT molecular complexity index is 1250. The summed E-state index contributed by atoms with van der Waals surface area (Å²) in [5.74, 6) is 1.60. The number of carbonyl (C=O) groups excluding carboxylic acids is 1. The first-order chi connectivity index (χ1) is 16.2. The Morgan fingerprint density at radius 2 is 1.79 bits per heavy atom. The predicted octanol–water partition coefficient (Wildman–Crippen LogP) is 6.30. The molecule has 0 amide bonds. The summed E-state index contributed by atoms with van der Waals surface area (Å²) < 4.78 is 16.7. The molecule has 2 aromatic carbocycles. The molecule has 0 unspecified atom stereocenters. The molecule has 0 spiro atoms. The number of pyridine rings is 1. The SMILES string of the molecule is COc1ccc(-c2cccs2)cc1/C=C/C(=O)c1ccc(OCc2ccccn2)c(OC)c1. The summed E-state index contributed by atoms with van der Waals surface area (Å²) in [6.45, 7) is 0.310. The first-order valence-corrected chi connectivity index (χ1v) is 11.2. The molecule has 0 aliphatic carbocycles. The third-order valence-corrected chi connectivity index (χ3v) is 5.92. The second-order valence-corrected chi connectivity index (χ2v) is 8.05. The minimum Gasteiger partial charge on any atom is -0.496 e. The summed E-state index contributed by atoms with van der Waals surface area (Å²) in [5, 5.41) is 2.04. The van der Waals surface area contributed by atoms with E-state index in [0.717, 1.165) is 21.7 Å².